The number of nitrogens with one attached hydrogen (secondary N) is 1. The summed E-state index contributed by atoms with van der Waals surface area (Å²) in [5.74, 6) is -4.18. The van der Waals surface area contributed by atoms with Gasteiger partial charge in [-0.05, 0) is 30.3 Å². The van der Waals surface area contributed by atoms with Crippen molar-refractivity contribution in [1.82, 2.24) is 0 Å². The van der Waals surface area contributed by atoms with E-state index < -0.39 is 34.9 Å². The van der Waals surface area contributed by atoms with Crippen LogP contribution in [0.4, 0.5) is 23.2 Å². The van der Waals surface area contributed by atoms with Crippen LogP contribution in [-0.2, 0) is 4.79 Å². The Labute approximate surface area is 122 Å². The smallest absolute Gasteiger partial charge is 0.234 e. The van der Waals surface area contributed by atoms with E-state index >= 15 is 0 Å². The number of hydrogen-bond acceptors (Lipinski definition) is 2. The zero-order chi connectivity index (χ0) is 15.4. The SMILES string of the molecule is O=C(CSc1cc(F)ccc1F)Nc1c(F)cccc1F. The van der Waals surface area contributed by atoms with Gasteiger partial charge in [-0.2, -0.15) is 0 Å². The van der Waals surface area contributed by atoms with Crippen LogP contribution in [0.15, 0.2) is 41.3 Å². The average molecular weight is 315 g/mol. The second-order valence-electron chi connectivity index (χ2n) is 4.01. The van der Waals surface area contributed by atoms with Gasteiger partial charge in [-0.15, -0.1) is 11.8 Å². The molecule has 0 spiro atoms. The molecule has 1 N–H and O–H groups in total. The van der Waals surface area contributed by atoms with Gasteiger partial charge in [0.1, 0.15) is 29.0 Å². The fourth-order valence-electron chi connectivity index (χ4n) is 1.52. The molecule has 0 atom stereocenters. The van der Waals surface area contributed by atoms with Crippen LogP contribution in [0, 0.1) is 23.3 Å². The van der Waals surface area contributed by atoms with Crippen molar-refractivity contribution in [1.29, 1.82) is 0 Å². The summed E-state index contributed by atoms with van der Waals surface area (Å²) in [5, 5.41) is 2.06. The van der Waals surface area contributed by atoms with Gasteiger partial charge in [0.15, 0.2) is 0 Å². The quantitative estimate of drug-likeness (QED) is 0.683. The molecule has 0 fully saturated rings. The normalized spacial score (nSPS) is 10.5. The lowest BCUT2D eigenvalue weighted by atomic mass is 10.3. The second kappa shape index (κ2) is 6.62. The number of carbonyl (C=O) groups excluding carboxylic acids is 1. The molecule has 0 unspecified atom stereocenters. The van der Waals surface area contributed by atoms with Crippen molar-refractivity contribution in [3.05, 3.63) is 59.7 Å². The molecule has 0 aliphatic rings. The molecule has 21 heavy (non-hydrogen) atoms. The molecule has 0 saturated heterocycles. The van der Waals surface area contributed by atoms with Gasteiger partial charge in [0, 0.05) is 4.90 Å². The maximum atomic E-state index is 13.3. The molecule has 7 heteroatoms. The Bertz CT molecular complexity index is 658. The summed E-state index contributed by atoms with van der Waals surface area (Å²) < 4.78 is 52.9. The molecule has 2 aromatic carbocycles. The van der Waals surface area contributed by atoms with Gasteiger partial charge in [0.2, 0.25) is 5.91 Å². The zero-order valence-electron chi connectivity index (χ0n) is 10.5. The third-order valence-corrected chi connectivity index (χ3v) is 3.51. The predicted octanol–water partition coefficient (Wildman–Crippen LogP) is 3.97. The summed E-state index contributed by atoms with van der Waals surface area (Å²) in [6.07, 6.45) is 0. The molecule has 2 nitrogen and oxygen atoms in total. The van der Waals surface area contributed by atoms with Crippen molar-refractivity contribution in [2.75, 3.05) is 11.1 Å². The van der Waals surface area contributed by atoms with E-state index in [-0.39, 0.29) is 10.6 Å². The number of carbonyl (C=O) groups is 1. The van der Waals surface area contributed by atoms with E-state index in [0.29, 0.717) is 0 Å². The monoisotopic (exact) mass is 315 g/mol. The summed E-state index contributed by atoms with van der Waals surface area (Å²) in [6.45, 7) is 0. The molecule has 2 aromatic rings. The van der Waals surface area contributed by atoms with E-state index in [1.807, 2.05) is 0 Å². The molecule has 1 amide bonds. The molecule has 110 valence electrons. The fraction of sp³-hybridized carbons (Fsp3) is 0.0714. The number of halogens is 4. The molecule has 0 aliphatic carbocycles. The van der Waals surface area contributed by atoms with Crippen molar-refractivity contribution >= 4 is 23.4 Å². The van der Waals surface area contributed by atoms with Crippen LogP contribution < -0.4 is 5.32 Å². The Morgan fingerprint density at radius 2 is 1.67 bits per heavy atom. The predicted molar refractivity (Wildman–Crippen MR) is 72.1 cm³/mol. The van der Waals surface area contributed by atoms with Crippen LogP contribution in [0.2, 0.25) is 0 Å². The first-order chi connectivity index (χ1) is 9.97. The Morgan fingerprint density at radius 1 is 1.00 bits per heavy atom. The lowest BCUT2D eigenvalue weighted by Gasteiger charge is -2.07. The Balaban J connectivity index is 2.01. The van der Waals surface area contributed by atoms with Crippen LogP contribution in [0.1, 0.15) is 0 Å². The highest BCUT2D eigenvalue weighted by atomic mass is 32.2. The lowest BCUT2D eigenvalue weighted by molar-refractivity contribution is -0.113. The van der Waals surface area contributed by atoms with Gasteiger partial charge in [-0.25, -0.2) is 17.6 Å². The van der Waals surface area contributed by atoms with E-state index in [1.54, 1.807) is 0 Å². The van der Waals surface area contributed by atoms with Crippen molar-refractivity contribution in [3.8, 4) is 0 Å². The molecule has 2 rings (SSSR count). The summed E-state index contributed by atoms with van der Waals surface area (Å²) >= 11 is 0.728. The van der Waals surface area contributed by atoms with Crippen LogP contribution in [0.3, 0.4) is 0 Å². The molecule has 0 heterocycles. The maximum Gasteiger partial charge on any atom is 0.234 e. The lowest BCUT2D eigenvalue weighted by Crippen LogP contribution is -2.16. The third-order valence-electron chi connectivity index (χ3n) is 2.48. The van der Waals surface area contributed by atoms with Gasteiger partial charge < -0.3 is 5.32 Å². The van der Waals surface area contributed by atoms with E-state index in [1.165, 1.54) is 0 Å². The molecule has 0 radical (unpaired) electrons. The average Bonchev–Trinajstić information content (AvgIpc) is 2.44. The fourth-order valence-corrected chi connectivity index (χ4v) is 2.28. The minimum Gasteiger partial charge on any atom is -0.320 e. The zero-order valence-corrected chi connectivity index (χ0v) is 11.3. The largest absolute Gasteiger partial charge is 0.320 e. The number of thioether (sulfide) groups is 1. The second-order valence-corrected chi connectivity index (χ2v) is 5.03. The Hall–Kier alpha value is -2.02. The summed E-state index contributed by atoms with van der Waals surface area (Å²) in [7, 11) is 0. The van der Waals surface area contributed by atoms with E-state index in [4.69, 9.17) is 0 Å². The highest BCUT2D eigenvalue weighted by Crippen LogP contribution is 2.23. The standard InChI is InChI=1S/C14H9F4NOS/c15-8-4-5-9(16)12(6-8)21-7-13(20)19-14-10(17)2-1-3-11(14)18/h1-6H,7H2,(H,19,20). The molecule has 0 aliphatic heterocycles. The highest BCUT2D eigenvalue weighted by Gasteiger charge is 2.13. The van der Waals surface area contributed by atoms with Crippen LogP contribution in [-0.4, -0.2) is 11.7 Å². The molecule has 0 aromatic heterocycles. The summed E-state index contributed by atoms with van der Waals surface area (Å²) in [6, 6.07) is 5.99. The summed E-state index contributed by atoms with van der Waals surface area (Å²) in [5.41, 5.74) is -0.567. The molecule has 0 saturated carbocycles. The minimum atomic E-state index is -0.912. The van der Waals surface area contributed by atoms with E-state index in [0.717, 1.165) is 48.2 Å². The number of benzene rings is 2. The van der Waals surface area contributed by atoms with E-state index in [2.05, 4.69) is 5.32 Å². The number of para-hydroxylation sites is 1. The van der Waals surface area contributed by atoms with Crippen molar-refractivity contribution in [2.45, 2.75) is 4.90 Å². The Kier molecular flexibility index (Phi) is 4.85. The van der Waals surface area contributed by atoms with Gasteiger partial charge in [0.25, 0.3) is 0 Å². The highest BCUT2D eigenvalue weighted by molar-refractivity contribution is 8.00. The first kappa shape index (κ1) is 15.4. The number of amides is 1. The van der Waals surface area contributed by atoms with Crippen LogP contribution in [0.25, 0.3) is 0 Å². The van der Waals surface area contributed by atoms with E-state index in [9.17, 15) is 22.4 Å². The first-order valence-electron chi connectivity index (χ1n) is 5.79. The third kappa shape index (κ3) is 3.98. The van der Waals surface area contributed by atoms with Crippen LogP contribution >= 0.6 is 11.8 Å². The van der Waals surface area contributed by atoms with Gasteiger partial charge in [-0.3, -0.25) is 4.79 Å². The summed E-state index contributed by atoms with van der Waals surface area (Å²) in [4.78, 5) is 11.5. The first-order valence-corrected chi connectivity index (χ1v) is 6.77. The van der Waals surface area contributed by atoms with Crippen molar-refractivity contribution < 1.29 is 22.4 Å². The van der Waals surface area contributed by atoms with Gasteiger partial charge in [-0.1, -0.05) is 6.07 Å². The number of anilines is 1. The molecule has 0 bridgehead atoms. The van der Waals surface area contributed by atoms with Crippen LogP contribution in [0.5, 0.6) is 0 Å². The topological polar surface area (TPSA) is 29.1 Å². The molecular formula is C14H9F4NOS. The van der Waals surface area contributed by atoms with Crippen molar-refractivity contribution in [3.63, 3.8) is 0 Å². The Morgan fingerprint density at radius 3 is 2.33 bits per heavy atom. The number of rotatable bonds is 4. The molecular weight excluding hydrogens is 306 g/mol. The van der Waals surface area contributed by atoms with Crippen molar-refractivity contribution in [2.24, 2.45) is 0 Å². The minimum absolute atomic E-state index is 0.0563. The maximum absolute atomic E-state index is 13.3. The number of hydrogen-bond donors (Lipinski definition) is 1. The van der Waals surface area contributed by atoms with Gasteiger partial charge in [0.05, 0.1) is 5.75 Å². The van der Waals surface area contributed by atoms with Gasteiger partial charge >= 0.3 is 0 Å².